The average molecular weight is 341 g/mol. The molecule has 0 radical (unpaired) electrons. The Hall–Kier alpha value is -3.16. The molecule has 2 heterocycles. The lowest BCUT2D eigenvalue weighted by atomic mass is 9.89. The monoisotopic (exact) mass is 341 g/mol. The predicted molar refractivity (Wildman–Crippen MR) is 85.5 cm³/mol. The third-order valence-electron chi connectivity index (χ3n) is 4.23. The second kappa shape index (κ2) is 5.73. The number of rotatable bonds is 4. The van der Waals surface area contributed by atoms with E-state index in [4.69, 9.17) is 5.73 Å². The minimum absolute atomic E-state index is 0.0539. The first-order valence-electron chi connectivity index (χ1n) is 7.71. The van der Waals surface area contributed by atoms with Gasteiger partial charge in [-0.05, 0) is 36.5 Å². The molecule has 0 atom stereocenters. The van der Waals surface area contributed by atoms with Crippen molar-refractivity contribution >= 4 is 5.91 Å². The normalized spacial score (nSPS) is 13.8. The summed E-state index contributed by atoms with van der Waals surface area (Å²) in [6, 6.07) is 4.91. The quantitative estimate of drug-likeness (QED) is 0.762. The molecule has 1 amide bonds. The molecule has 0 bridgehead atoms. The highest BCUT2D eigenvalue weighted by molar-refractivity contribution is 5.99. The highest BCUT2D eigenvalue weighted by atomic mass is 19.2. The minimum Gasteiger partial charge on any atom is -0.365 e. The van der Waals surface area contributed by atoms with Crippen LogP contribution in [-0.2, 0) is 0 Å². The molecular formula is C17H13F2N5O. The van der Waals surface area contributed by atoms with Crippen molar-refractivity contribution in [2.75, 3.05) is 0 Å². The number of carbonyl (C=O) groups is 1. The van der Waals surface area contributed by atoms with Gasteiger partial charge in [0.2, 0.25) is 0 Å². The number of carbonyl (C=O) groups excluding carboxylic acids is 1. The first-order valence-corrected chi connectivity index (χ1v) is 7.71. The van der Waals surface area contributed by atoms with Crippen LogP contribution in [0, 0.1) is 11.6 Å². The van der Waals surface area contributed by atoms with Gasteiger partial charge in [-0.3, -0.25) is 14.9 Å². The molecule has 4 rings (SSSR count). The summed E-state index contributed by atoms with van der Waals surface area (Å²) in [5.74, 6) is -3.28. The van der Waals surface area contributed by atoms with Crippen LogP contribution in [0.1, 0.15) is 34.7 Å². The maximum Gasteiger partial charge on any atom is 0.252 e. The van der Waals surface area contributed by atoms with Crippen LogP contribution in [0.25, 0.3) is 22.6 Å². The summed E-state index contributed by atoms with van der Waals surface area (Å²) in [4.78, 5) is 20.1. The zero-order valence-electron chi connectivity index (χ0n) is 13.0. The molecule has 126 valence electrons. The van der Waals surface area contributed by atoms with Crippen LogP contribution in [0.15, 0.2) is 30.7 Å². The zero-order valence-corrected chi connectivity index (χ0v) is 13.0. The number of aromatic nitrogens is 4. The van der Waals surface area contributed by atoms with Crippen molar-refractivity contribution in [2.24, 2.45) is 5.73 Å². The van der Waals surface area contributed by atoms with E-state index in [-0.39, 0.29) is 28.6 Å². The molecule has 0 unspecified atom stereocenters. The molecule has 3 aromatic rings. The van der Waals surface area contributed by atoms with Crippen molar-refractivity contribution in [1.82, 2.24) is 20.2 Å². The molecule has 1 aromatic carbocycles. The Morgan fingerprint density at radius 1 is 1.16 bits per heavy atom. The van der Waals surface area contributed by atoms with Crippen LogP contribution < -0.4 is 5.73 Å². The molecule has 6 nitrogen and oxygen atoms in total. The molecule has 1 aliphatic rings. The number of nitrogens with zero attached hydrogens (tertiary/aromatic N) is 3. The van der Waals surface area contributed by atoms with E-state index in [1.807, 2.05) is 0 Å². The fourth-order valence-electron chi connectivity index (χ4n) is 3.05. The van der Waals surface area contributed by atoms with Gasteiger partial charge in [-0.25, -0.2) is 13.8 Å². The van der Waals surface area contributed by atoms with Gasteiger partial charge in [0.25, 0.3) is 5.91 Å². The Morgan fingerprint density at radius 3 is 2.52 bits per heavy atom. The molecule has 25 heavy (non-hydrogen) atoms. The van der Waals surface area contributed by atoms with Gasteiger partial charge in [-0.2, -0.15) is 5.10 Å². The van der Waals surface area contributed by atoms with Crippen LogP contribution in [0.5, 0.6) is 0 Å². The number of aromatic amines is 1. The lowest BCUT2D eigenvalue weighted by Gasteiger charge is -2.18. The van der Waals surface area contributed by atoms with E-state index in [1.54, 1.807) is 18.2 Å². The summed E-state index contributed by atoms with van der Waals surface area (Å²) in [6.45, 7) is 0. The van der Waals surface area contributed by atoms with Crippen molar-refractivity contribution in [3.8, 4) is 22.6 Å². The Balaban J connectivity index is 2.16. The van der Waals surface area contributed by atoms with E-state index in [0.717, 1.165) is 12.8 Å². The van der Waals surface area contributed by atoms with Crippen LogP contribution in [0.3, 0.4) is 0 Å². The molecule has 0 saturated heterocycles. The number of nitrogens with two attached hydrogens (primary N) is 1. The maximum atomic E-state index is 14.9. The highest BCUT2D eigenvalue weighted by Crippen LogP contribution is 2.49. The number of nitrogens with one attached hydrogen (secondary N) is 1. The molecule has 3 N–H and O–H groups in total. The Bertz CT molecular complexity index is 953. The SMILES string of the molecule is NC(=O)c1c(F)c(F)c(-c2ccccn2)c(-c2ncn[nH]2)c1C1CC1. The number of amides is 1. The summed E-state index contributed by atoms with van der Waals surface area (Å²) < 4.78 is 29.7. The number of hydrogen-bond acceptors (Lipinski definition) is 4. The van der Waals surface area contributed by atoms with Gasteiger partial charge in [-0.1, -0.05) is 6.07 Å². The smallest absolute Gasteiger partial charge is 0.252 e. The van der Waals surface area contributed by atoms with Gasteiger partial charge >= 0.3 is 0 Å². The van der Waals surface area contributed by atoms with Crippen molar-refractivity contribution in [2.45, 2.75) is 18.8 Å². The van der Waals surface area contributed by atoms with Crippen LogP contribution in [0.2, 0.25) is 0 Å². The van der Waals surface area contributed by atoms with E-state index >= 15 is 0 Å². The Labute approximate surface area is 141 Å². The minimum atomic E-state index is -1.25. The van der Waals surface area contributed by atoms with E-state index in [2.05, 4.69) is 20.2 Å². The van der Waals surface area contributed by atoms with Crippen molar-refractivity contribution in [3.05, 3.63) is 53.5 Å². The molecule has 2 aromatic heterocycles. The summed E-state index contributed by atoms with van der Waals surface area (Å²) in [7, 11) is 0. The second-order valence-electron chi connectivity index (χ2n) is 5.85. The molecule has 0 aliphatic heterocycles. The molecule has 1 fully saturated rings. The van der Waals surface area contributed by atoms with E-state index < -0.39 is 23.1 Å². The Kier molecular flexibility index (Phi) is 3.52. The molecular weight excluding hydrogens is 328 g/mol. The summed E-state index contributed by atoms with van der Waals surface area (Å²) in [5, 5.41) is 6.46. The van der Waals surface area contributed by atoms with Crippen molar-refractivity contribution < 1.29 is 13.6 Å². The number of H-pyrrole nitrogens is 1. The van der Waals surface area contributed by atoms with Crippen molar-refractivity contribution in [3.63, 3.8) is 0 Å². The number of primary amides is 1. The molecule has 1 saturated carbocycles. The van der Waals surface area contributed by atoms with Gasteiger partial charge < -0.3 is 5.73 Å². The second-order valence-corrected chi connectivity index (χ2v) is 5.85. The third-order valence-corrected chi connectivity index (χ3v) is 4.23. The fourth-order valence-corrected chi connectivity index (χ4v) is 3.05. The largest absolute Gasteiger partial charge is 0.365 e. The van der Waals surface area contributed by atoms with Gasteiger partial charge in [0.1, 0.15) is 6.33 Å². The summed E-state index contributed by atoms with van der Waals surface area (Å²) in [5.41, 5.74) is 5.76. The maximum absolute atomic E-state index is 14.9. The van der Waals surface area contributed by atoms with E-state index in [0.29, 0.717) is 5.56 Å². The first-order chi connectivity index (χ1) is 12.1. The highest BCUT2D eigenvalue weighted by Gasteiger charge is 2.37. The molecule has 0 spiro atoms. The Morgan fingerprint density at radius 2 is 1.96 bits per heavy atom. The number of hydrogen-bond donors (Lipinski definition) is 2. The summed E-state index contributed by atoms with van der Waals surface area (Å²) in [6.07, 6.45) is 4.26. The average Bonchev–Trinajstić information content (AvgIpc) is 3.31. The standard InChI is InChI=1S/C17H13F2N5O/c18-14-11(9-3-1-2-6-21-9)12(17-22-7-23-24-17)10(8-4-5-8)13(15(14)19)16(20)25/h1-3,6-8H,4-5H2,(H2,20,25)(H,22,23,24). The van der Waals surface area contributed by atoms with Crippen LogP contribution in [-0.4, -0.2) is 26.1 Å². The van der Waals surface area contributed by atoms with Crippen LogP contribution >= 0.6 is 0 Å². The zero-order chi connectivity index (χ0) is 17.6. The van der Waals surface area contributed by atoms with Gasteiger partial charge in [0.15, 0.2) is 17.5 Å². The van der Waals surface area contributed by atoms with Gasteiger partial charge in [0, 0.05) is 11.8 Å². The topological polar surface area (TPSA) is 97.6 Å². The van der Waals surface area contributed by atoms with Crippen molar-refractivity contribution in [1.29, 1.82) is 0 Å². The van der Waals surface area contributed by atoms with E-state index in [9.17, 15) is 13.6 Å². The molecule has 1 aliphatic carbocycles. The van der Waals surface area contributed by atoms with Crippen LogP contribution in [0.4, 0.5) is 8.78 Å². The number of benzene rings is 1. The first kappa shape index (κ1) is 15.4. The van der Waals surface area contributed by atoms with Gasteiger partial charge in [0.05, 0.1) is 16.8 Å². The predicted octanol–water partition coefficient (Wildman–Crippen LogP) is 2.79. The number of pyridine rings is 1. The number of halogens is 2. The molecule has 8 heteroatoms. The van der Waals surface area contributed by atoms with Gasteiger partial charge in [-0.15, -0.1) is 0 Å². The third kappa shape index (κ3) is 2.46. The fraction of sp³-hybridized carbons (Fsp3) is 0.176. The lowest BCUT2D eigenvalue weighted by Crippen LogP contribution is -2.19. The summed E-state index contributed by atoms with van der Waals surface area (Å²) >= 11 is 0. The van der Waals surface area contributed by atoms with E-state index in [1.165, 1.54) is 12.5 Å². The lowest BCUT2D eigenvalue weighted by molar-refractivity contribution is 0.0994.